The predicted octanol–water partition coefficient (Wildman–Crippen LogP) is 30.2. The van der Waals surface area contributed by atoms with E-state index in [9.17, 15) is 0 Å². The lowest BCUT2D eigenvalue weighted by molar-refractivity contribution is -0.0953. The number of fused-ring (bicyclic) bond motifs is 22. The van der Waals surface area contributed by atoms with Gasteiger partial charge in [0.15, 0.2) is 23.0 Å². The van der Waals surface area contributed by atoms with Gasteiger partial charge < -0.3 is 28.9 Å². The number of nitrogens with one attached hydrogen (secondary N) is 2. The molecule has 0 unspecified atom stereocenters. The Kier molecular flexibility index (Phi) is 30.4. The first-order valence-corrected chi connectivity index (χ1v) is 43.4. The highest BCUT2D eigenvalue weighted by molar-refractivity contribution is 14.1. The molecule has 0 radical (unpaired) electrons. The maximum atomic E-state index is 7.30. The maximum Gasteiger partial charge on any atom is 0.251 e. The van der Waals surface area contributed by atoms with Crippen molar-refractivity contribution in [3.05, 3.63) is 92.1 Å². The fourth-order valence-electron chi connectivity index (χ4n) is 16.5. The van der Waals surface area contributed by atoms with Crippen LogP contribution >= 0.6 is 45.2 Å². The minimum Gasteiger partial charge on any atom is -0.448 e. The summed E-state index contributed by atoms with van der Waals surface area (Å²) >= 11 is 4.93. The van der Waals surface area contributed by atoms with Crippen molar-refractivity contribution in [1.82, 2.24) is 19.9 Å². The van der Waals surface area contributed by atoms with Crippen LogP contribution in [0.2, 0.25) is 0 Å². The van der Waals surface area contributed by atoms with Crippen LogP contribution in [0.25, 0.3) is 88.6 Å². The second kappa shape index (κ2) is 39.9. The number of H-pyrrole nitrogens is 2. The largest absolute Gasteiger partial charge is 0.448 e. The molecule has 0 aliphatic carbocycles. The molecule has 4 aliphatic rings. The fourth-order valence-corrected chi connectivity index (χ4v) is 17.5. The van der Waals surface area contributed by atoms with Gasteiger partial charge in [0.05, 0.1) is 22.8 Å². The molecule has 0 saturated carbocycles. The molecule has 0 amide bonds. The third-order valence-electron chi connectivity index (χ3n) is 22.4. The Balaban J connectivity index is 0.898. The molecule has 4 aliphatic heterocycles. The monoisotopic (exact) mass is 1580 g/mol. The van der Waals surface area contributed by atoms with Gasteiger partial charge in [-0.15, -0.1) is 0 Å². The molecule has 0 spiro atoms. The van der Waals surface area contributed by atoms with Crippen LogP contribution in [-0.2, 0) is 0 Å². The van der Waals surface area contributed by atoms with Crippen LogP contribution in [0.3, 0.4) is 0 Å². The maximum absolute atomic E-state index is 7.30. The van der Waals surface area contributed by atoms with Gasteiger partial charge in [0.2, 0.25) is 0 Å². The lowest BCUT2D eigenvalue weighted by Crippen LogP contribution is -2.38. The molecular weight excluding hydrogens is 1450 g/mol. The highest BCUT2D eigenvalue weighted by atomic mass is 127. The molecular formula is C90H124I2N4O4. The Hall–Kier alpha value is -4.82. The summed E-state index contributed by atoms with van der Waals surface area (Å²) in [6.45, 7) is 9.23. The van der Waals surface area contributed by atoms with Crippen molar-refractivity contribution in [3.8, 4) is 68.0 Å². The van der Waals surface area contributed by atoms with Crippen LogP contribution in [0, 0.1) is 7.14 Å². The third kappa shape index (κ3) is 21.2. The summed E-state index contributed by atoms with van der Waals surface area (Å²) < 4.78 is 31.5. The summed E-state index contributed by atoms with van der Waals surface area (Å²) in [5, 5.41) is 4.57. The van der Waals surface area contributed by atoms with E-state index < -0.39 is 11.6 Å². The van der Waals surface area contributed by atoms with Crippen LogP contribution in [0.4, 0.5) is 0 Å². The van der Waals surface area contributed by atoms with E-state index in [2.05, 4.69) is 168 Å². The van der Waals surface area contributed by atoms with Crippen LogP contribution in [0.5, 0.6) is 23.0 Å². The number of unbranched alkanes of at least 4 members (excludes halogenated alkanes) is 40. The SMILES string of the molecule is CCCCCCCCCCCCCC1(CCCCCCCCCCCCC)Oc2cc3c(cc2O1)-c1cc2[nH]c(cc4nc(cc5[nH]c(cc-3n1)c1ccc(I)cc51)-c1cc3c(cc1-4)OC(CCCCCCCCCCCCC)(CCCCCCCCCCCCC)O3)c1cc(I)ccc21. The van der Waals surface area contributed by atoms with Gasteiger partial charge in [0.25, 0.3) is 11.6 Å². The Morgan fingerprint density at radius 3 is 0.700 bits per heavy atom. The number of aromatic nitrogens is 4. The third-order valence-corrected chi connectivity index (χ3v) is 23.7. The number of nitrogens with zero attached hydrogens (tertiary/aromatic N) is 2. The van der Waals surface area contributed by atoms with E-state index >= 15 is 0 Å². The first-order chi connectivity index (χ1) is 49.2. The van der Waals surface area contributed by atoms with E-state index in [0.29, 0.717) is 0 Å². The van der Waals surface area contributed by atoms with Crippen molar-refractivity contribution in [1.29, 1.82) is 0 Å². The van der Waals surface area contributed by atoms with Crippen LogP contribution in [0.15, 0.2) is 84.9 Å². The average molecular weight is 1580 g/mol. The molecule has 0 fully saturated rings. The van der Waals surface area contributed by atoms with Crippen molar-refractivity contribution < 1.29 is 18.9 Å². The van der Waals surface area contributed by atoms with Gasteiger partial charge >= 0.3 is 0 Å². The molecule has 3 aromatic heterocycles. The summed E-state index contributed by atoms with van der Waals surface area (Å²) in [7, 11) is 0. The highest BCUT2D eigenvalue weighted by Gasteiger charge is 2.43. The van der Waals surface area contributed by atoms with E-state index in [1.165, 1.54) is 264 Å². The molecule has 2 N–H and O–H groups in total. The Morgan fingerprint density at radius 1 is 0.260 bits per heavy atom. The van der Waals surface area contributed by atoms with Crippen molar-refractivity contribution >= 4 is 88.8 Å². The second-order valence-electron chi connectivity index (χ2n) is 30.7. The second-order valence-corrected chi connectivity index (χ2v) is 33.2. The van der Waals surface area contributed by atoms with Gasteiger partial charge in [0, 0.05) is 98.7 Å². The smallest absolute Gasteiger partial charge is 0.251 e. The Labute approximate surface area is 630 Å². The first-order valence-electron chi connectivity index (χ1n) is 41.2. The van der Waals surface area contributed by atoms with Gasteiger partial charge in [-0.2, -0.15) is 0 Å². The summed E-state index contributed by atoms with van der Waals surface area (Å²) in [6.07, 6.45) is 61.5. The molecule has 7 heterocycles. The van der Waals surface area contributed by atoms with Crippen molar-refractivity contribution in [2.45, 2.75) is 347 Å². The predicted molar refractivity (Wildman–Crippen MR) is 443 cm³/mol. The zero-order valence-corrected chi connectivity index (χ0v) is 66.6. The minimum atomic E-state index is -0.681. The van der Waals surface area contributed by atoms with Gasteiger partial charge in [-0.1, -0.05) is 297 Å². The van der Waals surface area contributed by atoms with Crippen molar-refractivity contribution in [2.24, 2.45) is 0 Å². The molecule has 0 atom stereocenters. The number of hydrogen-bond acceptors (Lipinski definition) is 6. The van der Waals surface area contributed by atoms with E-state index in [4.69, 9.17) is 28.9 Å². The van der Waals surface area contributed by atoms with Crippen LogP contribution < -0.4 is 18.9 Å². The molecule has 7 aromatic rings. The topological polar surface area (TPSA) is 94.3 Å². The number of ether oxygens (including phenoxy) is 4. The minimum absolute atomic E-state index is 0.680. The molecule has 10 heteroatoms. The zero-order chi connectivity index (χ0) is 69.2. The van der Waals surface area contributed by atoms with Crippen molar-refractivity contribution in [2.75, 3.05) is 0 Å². The molecule has 100 heavy (non-hydrogen) atoms. The van der Waals surface area contributed by atoms with E-state index in [1.807, 2.05) is 0 Å². The molecule has 8 bridgehead atoms. The number of halogens is 2. The number of rotatable bonds is 48. The lowest BCUT2D eigenvalue weighted by Gasteiger charge is -2.28. The summed E-state index contributed by atoms with van der Waals surface area (Å²) in [5.74, 6) is 1.98. The van der Waals surface area contributed by atoms with Gasteiger partial charge in [0.1, 0.15) is 0 Å². The van der Waals surface area contributed by atoms with Gasteiger partial charge in [-0.05, 0) is 144 Å². The number of benzene rings is 4. The summed E-state index contributed by atoms with van der Waals surface area (Å²) in [6, 6.07) is 31.7. The molecule has 4 aromatic carbocycles. The van der Waals surface area contributed by atoms with Crippen LogP contribution in [-0.4, -0.2) is 31.5 Å². The van der Waals surface area contributed by atoms with Gasteiger partial charge in [-0.3, -0.25) is 0 Å². The Bertz CT molecular complexity index is 3620. The molecule has 8 nitrogen and oxygen atoms in total. The zero-order valence-electron chi connectivity index (χ0n) is 62.3. The lowest BCUT2D eigenvalue weighted by atomic mass is 9.98. The summed E-state index contributed by atoms with van der Waals surface area (Å²) in [5.41, 5.74) is 11.9. The first kappa shape index (κ1) is 76.3. The summed E-state index contributed by atoms with van der Waals surface area (Å²) in [4.78, 5) is 19.2. The van der Waals surface area contributed by atoms with E-state index in [-0.39, 0.29) is 0 Å². The quantitative estimate of drug-likeness (QED) is 0.0291. The molecule has 11 rings (SSSR count). The van der Waals surface area contributed by atoms with Crippen LogP contribution in [0.1, 0.15) is 336 Å². The Morgan fingerprint density at radius 2 is 0.470 bits per heavy atom. The van der Waals surface area contributed by atoms with E-state index in [1.54, 1.807) is 0 Å². The molecule has 0 saturated heterocycles. The number of hydrogen-bond donors (Lipinski definition) is 2. The van der Waals surface area contributed by atoms with Crippen molar-refractivity contribution in [3.63, 3.8) is 0 Å². The number of aromatic amines is 2. The highest BCUT2D eigenvalue weighted by Crippen LogP contribution is 2.53. The van der Waals surface area contributed by atoms with Gasteiger partial charge in [-0.25, -0.2) is 9.97 Å². The van der Waals surface area contributed by atoms with E-state index in [0.717, 1.165) is 163 Å². The molecule has 542 valence electrons. The fraction of sp³-hybridized carbons (Fsp3) is 0.600. The standard InChI is InChI=1S/C90H124I2N4O4/c1-5-9-13-17-21-25-29-33-37-41-45-53-89(54-46-42-38-34-30-26-22-18-14-10-6-2)97-85-59-73-74(60-86(85)98-89)82-64-78-70-52-50-68(92)58-72(70)80(94-78)66-84-76-62-88-87(61-75(76)83(96-84)65-79-71-57-67(91)49-51-69(71)77(93-79)63-81(73)95-82)99-90(100-88,55-47-43-39-35-31-27-23-19-15-11-7-3)56-48-44-40-36-32-28-24-20-16-12-8-4/h49-52,57-66,93-94H,5-48,53-56H2,1-4H3. The normalized spacial score (nSPS) is 13.9. The average Bonchev–Trinajstić information content (AvgIpc) is 1.59.